The molecule has 0 fully saturated rings. The van der Waals surface area contributed by atoms with Gasteiger partial charge in [-0.3, -0.25) is 0 Å². The second kappa shape index (κ2) is 3.66. The molecule has 1 aromatic heterocycles. The highest BCUT2D eigenvalue weighted by molar-refractivity contribution is 7.14. The lowest BCUT2D eigenvalue weighted by Crippen LogP contribution is -2.12. The minimum Gasteiger partial charge on any atom is -0.477 e. The number of thiophene rings is 1. The number of hydrogen-bond acceptors (Lipinski definition) is 4. The minimum absolute atomic E-state index is 0.167. The van der Waals surface area contributed by atoms with Crippen molar-refractivity contribution < 1.29 is 15.0 Å². The summed E-state index contributed by atoms with van der Waals surface area (Å²) in [6.07, 6.45) is 0. The second-order valence-corrected chi connectivity index (χ2v) is 3.41. The third-order valence-electron chi connectivity index (χ3n) is 1.40. The maximum atomic E-state index is 10.4. The summed E-state index contributed by atoms with van der Waals surface area (Å²) in [4.78, 5) is 11.4. The number of carbonyl (C=O) groups is 1. The molecule has 0 radical (unpaired) electrons. The quantitative estimate of drug-likeness (QED) is 0.641. The predicted molar refractivity (Wildman–Crippen MR) is 45.3 cm³/mol. The van der Waals surface area contributed by atoms with Gasteiger partial charge in [0.15, 0.2) is 0 Å². The first-order valence-electron chi connectivity index (χ1n) is 3.34. The first-order chi connectivity index (χ1) is 5.65. The highest BCUT2D eigenvalue weighted by Gasteiger charge is 2.11. The topological polar surface area (TPSA) is 83.5 Å². The normalized spacial score (nSPS) is 12.8. The molecule has 1 atom stereocenters. The number of carboxylic acids is 1. The minimum atomic E-state index is -0.962. The molecular weight excluding hydrogens is 178 g/mol. The summed E-state index contributed by atoms with van der Waals surface area (Å²) in [5.41, 5.74) is 5.48. The van der Waals surface area contributed by atoms with Crippen LogP contribution in [0, 0.1) is 0 Å². The lowest BCUT2D eigenvalue weighted by atomic mass is 10.3. The van der Waals surface area contributed by atoms with E-state index in [9.17, 15) is 4.79 Å². The summed E-state index contributed by atoms with van der Waals surface area (Å²) in [6, 6.07) is 2.63. The number of nitrogens with two attached hydrogens (primary N) is 1. The number of hydrogen-bond donors (Lipinski definition) is 3. The van der Waals surface area contributed by atoms with Gasteiger partial charge in [-0.2, -0.15) is 0 Å². The Balaban J connectivity index is 2.84. The molecule has 1 rings (SSSR count). The van der Waals surface area contributed by atoms with E-state index in [0.29, 0.717) is 4.88 Å². The molecule has 4 N–H and O–H groups in total. The number of carboxylic acid groups (broad SMARTS) is 1. The van der Waals surface area contributed by atoms with Gasteiger partial charge in [0.05, 0.1) is 12.6 Å². The van der Waals surface area contributed by atoms with Gasteiger partial charge in [0.25, 0.3) is 0 Å². The molecule has 0 bridgehead atoms. The van der Waals surface area contributed by atoms with Gasteiger partial charge in [0.1, 0.15) is 4.88 Å². The van der Waals surface area contributed by atoms with Crippen LogP contribution in [0.5, 0.6) is 0 Å². The number of aliphatic hydroxyl groups is 1. The Kier molecular flexibility index (Phi) is 2.80. The van der Waals surface area contributed by atoms with E-state index < -0.39 is 12.0 Å². The van der Waals surface area contributed by atoms with Gasteiger partial charge in [-0.15, -0.1) is 11.3 Å². The van der Waals surface area contributed by atoms with E-state index in [1.54, 1.807) is 6.07 Å². The average Bonchev–Trinajstić information content (AvgIpc) is 2.51. The molecule has 0 aliphatic carbocycles. The summed E-state index contributed by atoms with van der Waals surface area (Å²) in [7, 11) is 0. The van der Waals surface area contributed by atoms with Gasteiger partial charge in [0.2, 0.25) is 0 Å². The number of rotatable bonds is 3. The standard InChI is InChI=1S/C7H9NO3S/c8-4(3-9)5-1-2-6(12-5)7(10)11/h1-2,4,9H,3,8H2,(H,10,11). The third-order valence-corrected chi connectivity index (χ3v) is 2.60. The van der Waals surface area contributed by atoms with Crippen molar-refractivity contribution in [2.24, 2.45) is 5.73 Å². The van der Waals surface area contributed by atoms with Crippen molar-refractivity contribution in [2.75, 3.05) is 6.61 Å². The zero-order valence-electron chi connectivity index (χ0n) is 6.23. The Morgan fingerprint density at radius 3 is 2.75 bits per heavy atom. The van der Waals surface area contributed by atoms with Crippen LogP contribution in [-0.2, 0) is 0 Å². The molecule has 0 aliphatic rings. The van der Waals surface area contributed by atoms with Crippen molar-refractivity contribution in [1.29, 1.82) is 0 Å². The van der Waals surface area contributed by atoms with Crippen LogP contribution in [0.15, 0.2) is 12.1 Å². The van der Waals surface area contributed by atoms with E-state index >= 15 is 0 Å². The van der Waals surface area contributed by atoms with Crippen LogP contribution in [0.2, 0.25) is 0 Å². The van der Waals surface area contributed by atoms with Gasteiger partial charge >= 0.3 is 5.97 Å². The SMILES string of the molecule is NC(CO)c1ccc(C(=O)O)s1. The Morgan fingerprint density at radius 1 is 1.67 bits per heavy atom. The molecule has 66 valence electrons. The Hall–Kier alpha value is -0.910. The summed E-state index contributed by atoms with van der Waals surface area (Å²) >= 11 is 1.09. The molecule has 0 saturated heterocycles. The molecule has 0 spiro atoms. The Bertz CT molecular complexity index is 284. The molecule has 1 unspecified atom stereocenters. The average molecular weight is 187 g/mol. The molecular formula is C7H9NO3S. The van der Waals surface area contributed by atoms with E-state index in [-0.39, 0.29) is 11.5 Å². The van der Waals surface area contributed by atoms with E-state index in [2.05, 4.69) is 0 Å². The van der Waals surface area contributed by atoms with Crippen LogP contribution < -0.4 is 5.73 Å². The lowest BCUT2D eigenvalue weighted by molar-refractivity contribution is 0.0702. The van der Waals surface area contributed by atoms with Crippen molar-refractivity contribution in [3.63, 3.8) is 0 Å². The second-order valence-electron chi connectivity index (χ2n) is 2.30. The summed E-state index contributed by atoms with van der Waals surface area (Å²) in [5, 5.41) is 17.2. The van der Waals surface area contributed by atoms with Crippen molar-refractivity contribution in [1.82, 2.24) is 0 Å². The van der Waals surface area contributed by atoms with Crippen LogP contribution in [0.3, 0.4) is 0 Å². The van der Waals surface area contributed by atoms with E-state index in [4.69, 9.17) is 15.9 Å². The van der Waals surface area contributed by atoms with Crippen molar-refractivity contribution in [3.05, 3.63) is 21.9 Å². The fraction of sp³-hybridized carbons (Fsp3) is 0.286. The van der Waals surface area contributed by atoms with E-state index in [1.807, 2.05) is 0 Å². The molecule has 0 aromatic carbocycles. The molecule has 5 heteroatoms. The molecule has 0 saturated carbocycles. The Morgan fingerprint density at radius 2 is 2.33 bits per heavy atom. The van der Waals surface area contributed by atoms with Crippen LogP contribution in [0.4, 0.5) is 0 Å². The lowest BCUT2D eigenvalue weighted by Gasteiger charge is -2.02. The first kappa shape index (κ1) is 9.18. The summed E-state index contributed by atoms with van der Waals surface area (Å²) in [6.45, 7) is -0.167. The third kappa shape index (κ3) is 1.82. The largest absolute Gasteiger partial charge is 0.477 e. The van der Waals surface area contributed by atoms with Gasteiger partial charge < -0.3 is 15.9 Å². The van der Waals surface area contributed by atoms with Crippen LogP contribution in [-0.4, -0.2) is 22.8 Å². The van der Waals surface area contributed by atoms with Gasteiger partial charge in [0, 0.05) is 4.88 Å². The van der Waals surface area contributed by atoms with Gasteiger partial charge in [-0.25, -0.2) is 4.79 Å². The van der Waals surface area contributed by atoms with Gasteiger partial charge in [-0.05, 0) is 12.1 Å². The predicted octanol–water partition coefficient (Wildman–Crippen LogP) is 0.438. The molecule has 4 nitrogen and oxygen atoms in total. The van der Waals surface area contributed by atoms with Crippen LogP contribution >= 0.6 is 11.3 Å². The van der Waals surface area contributed by atoms with E-state index in [0.717, 1.165) is 11.3 Å². The Labute approximate surface area is 73.3 Å². The molecule has 12 heavy (non-hydrogen) atoms. The van der Waals surface area contributed by atoms with Crippen molar-refractivity contribution >= 4 is 17.3 Å². The highest BCUT2D eigenvalue weighted by atomic mass is 32.1. The maximum absolute atomic E-state index is 10.4. The summed E-state index contributed by atoms with van der Waals surface area (Å²) in [5.74, 6) is -0.962. The first-order valence-corrected chi connectivity index (χ1v) is 4.16. The van der Waals surface area contributed by atoms with E-state index in [1.165, 1.54) is 6.07 Å². The maximum Gasteiger partial charge on any atom is 0.345 e. The zero-order valence-corrected chi connectivity index (χ0v) is 7.04. The van der Waals surface area contributed by atoms with Crippen molar-refractivity contribution in [3.8, 4) is 0 Å². The fourth-order valence-electron chi connectivity index (χ4n) is 0.757. The van der Waals surface area contributed by atoms with Gasteiger partial charge in [-0.1, -0.05) is 0 Å². The van der Waals surface area contributed by atoms with Crippen LogP contribution in [0.1, 0.15) is 20.6 Å². The molecule has 0 amide bonds. The fourth-order valence-corrected chi connectivity index (χ4v) is 1.60. The monoisotopic (exact) mass is 187 g/mol. The zero-order chi connectivity index (χ0) is 9.14. The smallest absolute Gasteiger partial charge is 0.345 e. The number of aliphatic hydroxyl groups excluding tert-OH is 1. The molecule has 0 aliphatic heterocycles. The summed E-state index contributed by atoms with van der Waals surface area (Å²) < 4.78 is 0. The molecule has 1 aromatic rings. The number of aromatic carboxylic acids is 1. The van der Waals surface area contributed by atoms with Crippen molar-refractivity contribution in [2.45, 2.75) is 6.04 Å². The highest BCUT2D eigenvalue weighted by Crippen LogP contribution is 2.21. The van der Waals surface area contributed by atoms with Crippen LogP contribution in [0.25, 0.3) is 0 Å². The molecule has 1 heterocycles.